The average Bonchev–Trinajstić information content (AvgIpc) is 2.79. The molecule has 1 saturated heterocycles. The maximum absolute atomic E-state index is 10.1. The van der Waals surface area contributed by atoms with Gasteiger partial charge >= 0.3 is 0 Å². The molecule has 0 saturated carbocycles. The van der Waals surface area contributed by atoms with Gasteiger partial charge in [0.15, 0.2) is 0 Å². The van der Waals surface area contributed by atoms with E-state index in [2.05, 4.69) is 12.2 Å². The Morgan fingerprint density at radius 2 is 2.12 bits per heavy atom. The Kier molecular flexibility index (Phi) is 5.73. The maximum atomic E-state index is 10.1. The summed E-state index contributed by atoms with van der Waals surface area (Å²) in [7, 11) is 0. The molecule has 0 bridgehead atoms. The minimum absolute atomic E-state index is 0.424. The SMILES string of the molecule is CCC(O)(CC)CNC(C)CC1CCCO1. The number of hydrogen-bond donors (Lipinski definition) is 2. The van der Waals surface area contributed by atoms with Crippen LogP contribution in [0.4, 0.5) is 0 Å². The van der Waals surface area contributed by atoms with Crippen molar-refractivity contribution in [2.45, 2.75) is 70.6 Å². The quantitative estimate of drug-likeness (QED) is 0.702. The Labute approximate surface area is 99.6 Å². The highest BCUT2D eigenvalue weighted by Crippen LogP contribution is 2.18. The molecule has 3 nitrogen and oxygen atoms in total. The summed E-state index contributed by atoms with van der Waals surface area (Å²) in [5.41, 5.74) is -0.537. The summed E-state index contributed by atoms with van der Waals surface area (Å²) in [6.45, 7) is 7.86. The summed E-state index contributed by atoms with van der Waals surface area (Å²) >= 11 is 0. The normalized spacial score (nSPS) is 23.6. The molecule has 16 heavy (non-hydrogen) atoms. The van der Waals surface area contributed by atoms with Gasteiger partial charge in [0.1, 0.15) is 0 Å². The fourth-order valence-electron chi connectivity index (χ4n) is 2.17. The molecule has 0 aromatic rings. The lowest BCUT2D eigenvalue weighted by Crippen LogP contribution is -2.43. The third-order valence-electron chi connectivity index (χ3n) is 3.74. The summed E-state index contributed by atoms with van der Waals surface area (Å²) in [5, 5.41) is 13.6. The van der Waals surface area contributed by atoms with Gasteiger partial charge in [0.25, 0.3) is 0 Å². The van der Waals surface area contributed by atoms with Crippen LogP contribution in [0.15, 0.2) is 0 Å². The number of hydrogen-bond acceptors (Lipinski definition) is 3. The third-order valence-corrected chi connectivity index (χ3v) is 3.74. The number of nitrogens with one attached hydrogen (secondary N) is 1. The van der Waals surface area contributed by atoms with Crippen molar-refractivity contribution >= 4 is 0 Å². The van der Waals surface area contributed by atoms with E-state index in [1.165, 1.54) is 12.8 Å². The van der Waals surface area contributed by atoms with Gasteiger partial charge in [0.05, 0.1) is 11.7 Å². The summed E-state index contributed by atoms with van der Waals surface area (Å²) in [4.78, 5) is 0. The van der Waals surface area contributed by atoms with E-state index < -0.39 is 5.60 Å². The molecule has 0 aromatic heterocycles. The lowest BCUT2D eigenvalue weighted by molar-refractivity contribution is 0.0272. The number of aliphatic hydroxyl groups is 1. The van der Waals surface area contributed by atoms with Crippen molar-refractivity contribution in [1.82, 2.24) is 5.32 Å². The molecule has 2 N–H and O–H groups in total. The molecule has 2 unspecified atom stereocenters. The Balaban J connectivity index is 2.20. The molecule has 1 aliphatic heterocycles. The van der Waals surface area contributed by atoms with E-state index in [0.717, 1.165) is 25.9 Å². The van der Waals surface area contributed by atoms with Gasteiger partial charge in [-0.25, -0.2) is 0 Å². The Hall–Kier alpha value is -0.120. The average molecular weight is 229 g/mol. The first kappa shape index (κ1) is 13.9. The molecule has 1 rings (SSSR count). The lowest BCUT2D eigenvalue weighted by atomic mass is 9.97. The lowest BCUT2D eigenvalue weighted by Gasteiger charge is -2.28. The second-order valence-corrected chi connectivity index (χ2v) is 5.08. The van der Waals surface area contributed by atoms with E-state index in [1.54, 1.807) is 0 Å². The first-order valence-corrected chi connectivity index (χ1v) is 6.67. The molecule has 3 heteroatoms. The number of ether oxygens (including phenoxy) is 1. The highest BCUT2D eigenvalue weighted by Gasteiger charge is 2.24. The van der Waals surface area contributed by atoms with E-state index in [4.69, 9.17) is 4.74 Å². The van der Waals surface area contributed by atoms with Crippen molar-refractivity contribution in [3.63, 3.8) is 0 Å². The predicted octanol–water partition coefficient (Wildman–Crippen LogP) is 2.08. The molecule has 1 fully saturated rings. The zero-order valence-corrected chi connectivity index (χ0v) is 11.0. The molecule has 1 heterocycles. The standard InChI is InChI=1S/C13H27NO2/c1-4-13(15,5-2)10-14-11(3)9-12-7-6-8-16-12/h11-12,14-15H,4-10H2,1-3H3. The van der Waals surface area contributed by atoms with Gasteiger partial charge in [-0.1, -0.05) is 13.8 Å². The second-order valence-electron chi connectivity index (χ2n) is 5.08. The Bertz CT molecular complexity index is 186. The van der Waals surface area contributed by atoms with Gasteiger partial charge in [-0.05, 0) is 39.0 Å². The molecule has 96 valence electrons. The van der Waals surface area contributed by atoms with Crippen molar-refractivity contribution in [2.24, 2.45) is 0 Å². The van der Waals surface area contributed by atoms with Crippen molar-refractivity contribution in [2.75, 3.05) is 13.2 Å². The zero-order valence-electron chi connectivity index (χ0n) is 11.0. The highest BCUT2D eigenvalue weighted by molar-refractivity contribution is 4.80. The second kappa shape index (κ2) is 6.58. The Morgan fingerprint density at radius 3 is 2.62 bits per heavy atom. The fourth-order valence-corrected chi connectivity index (χ4v) is 2.17. The zero-order chi connectivity index (χ0) is 12.0. The first-order chi connectivity index (χ1) is 7.59. The van der Waals surface area contributed by atoms with Crippen molar-refractivity contribution in [1.29, 1.82) is 0 Å². The van der Waals surface area contributed by atoms with Crippen LogP contribution >= 0.6 is 0 Å². The van der Waals surface area contributed by atoms with Crippen LogP contribution in [-0.4, -0.2) is 36.0 Å². The topological polar surface area (TPSA) is 41.5 Å². The molecular weight excluding hydrogens is 202 g/mol. The van der Waals surface area contributed by atoms with E-state index in [-0.39, 0.29) is 0 Å². The van der Waals surface area contributed by atoms with Crippen molar-refractivity contribution < 1.29 is 9.84 Å². The van der Waals surface area contributed by atoms with Gasteiger partial charge in [-0.15, -0.1) is 0 Å². The third kappa shape index (κ3) is 4.40. The van der Waals surface area contributed by atoms with E-state index >= 15 is 0 Å². The maximum Gasteiger partial charge on any atom is 0.0766 e. The van der Waals surface area contributed by atoms with E-state index in [0.29, 0.717) is 18.7 Å². The summed E-state index contributed by atoms with van der Waals surface area (Å²) in [5.74, 6) is 0. The molecule has 0 aromatic carbocycles. The molecule has 1 aliphatic rings. The van der Waals surface area contributed by atoms with Crippen molar-refractivity contribution in [3.05, 3.63) is 0 Å². The van der Waals surface area contributed by atoms with Crippen LogP contribution in [0.25, 0.3) is 0 Å². The van der Waals surface area contributed by atoms with Gasteiger partial charge in [0.2, 0.25) is 0 Å². The minimum Gasteiger partial charge on any atom is -0.389 e. The molecular formula is C13H27NO2. The highest BCUT2D eigenvalue weighted by atomic mass is 16.5. The van der Waals surface area contributed by atoms with Gasteiger partial charge in [0, 0.05) is 19.2 Å². The smallest absolute Gasteiger partial charge is 0.0766 e. The summed E-state index contributed by atoms with van der Waals surface area (Å²) in [6, 6.07) is 0.424. The fraction of sp³-hybridized carbons (Fsp3) is 1.00. The molecule has 0 radical (unpaired) electrons. The molecule has 0 amide bonds. The summed E-state index contributed by atoms with van der Waals surface area (Å²) < 4.78 is 5.61. The molecule has 0 aliphatic carbocycles. The molecule has 2 atom stereocenters. The van der Waals surface area contributed by atoms with Gasteiger partial charge < -0.3 is 15.2 Å². The number of rotatable bonds is 7. The van der Waals surface area contributed by atoms with Crippen LogP contribution < -0.4 is 5.32 Å². The van der Waals surface area contributed by atoms with Crippen LogP contribution in [0.5, 0.6) is 0 Å². The minimum atomic E-state index is -0.537. The van der Waals surface area contributed by atoms with Crippen molar-refractivity contribution in [3.8, 4) is 0 Å². The van der Waals surface area contributed by atoms with Gasteiger partial charge in [-0.2, -0.15) is 0 Å². The largest absolute Gasteiger partial charge is 0.389 e. The Morgan fingerprint density at radius 1 is 1.44 bits per heavy atom. The van der Waals surface area contributed by atoms with Crippen LogP contribution in [0.2, 0.25) is 0 Å². The molecule has 0 spiro atoms. The van der Waals surface area contributed by atoms with E-state index in [1.807, 2.05) is 13.8 Å². The monoisotopic (exact) mass is 229 g/mol. The predicted molar refractivity (Wildman–Crippen MR) is 66.6 cm³/mol. The van der Waals surface area contributed by atoms with Crippen LogP contribution in [0, 0.1) is 0 Å². The van der Waals surface area contributed by atoms with Gasteiger partial charge in [-0.3, -0.25) is 0 Å². The summed E-state index contributed by atoms with van der Waals surface area (Å²) in [6.07, 6.45) is 5.50. The van der Waals surface area contributed by atoms with E-state index in [9.17, 15) is 5.11 Å². The van der Waals surface area contributed by atoms with Crippen LogP contribution in [-0.2, 0) is 4.74 Å². The van der Waals surface area contributed by atoms with Crippen LogP contribution in [0.1, 0.15) is 52.9 Å². The van der Waals surface area contributed by atoms with Crippen LogP contribution in [0.3, 0.4) is 0 Å². The first-order valence-electron chi connectivity index (χ1n) is 6.67.